The van der Waals surface area contributed by atoms with Gasteiger partial charge in [-0.15, -0.1) is 0 Å². The van der Waals surface area contributed by atoms with Crippen LogP contribution in [0, 0.1) is 12.7 Å². The largest absolute Gasteiger partial charge is 0.376 e. The highest BCUT2D eigenvalue weighted by molar-refractivity contribution is 5.74. The molecule has 0 saturated carbocycles. The summed E-state index contributed by atoms with van der Waals surface area (Å²) in [6.45, 7) is 2.99. The first-order chi connectivity index (χ1) is 12.1. The van der Waals surface area contributed by atoms with E-state index in [1.54, 1.807) is 18.3 Å². The number of aromatic nitrogens is 1. The van der Waals surface area contributed by atoms with E-state index in [2.05, 4.69) is 15.6 Å². The zero-order valence-electron chi connectivity index (χ0n) is 14.2. The number of urea groups is 1. The molecule has 0 aliphatic carbocycles. The maximum absolute atomic E-state index is 13.2. The number of hydrogen-bond donors (Lipinski definition) is 2. The molecular weight excluding hydrogens is 321 g/mol. The number of benzene rings is 1. The van der Waals surface area contributed by atoms with Gasteiger partial charge in [-0.3, -0.25) is 4.98 Å². The van der Waals surface area contributed by atoms with Crippen LogP contribution in [0.25, 0.3) is 0 Å². The van der Waals surface area contributed by atoms with Gasteiger partial charge in [0.25, 0.3) is 0 Å². The molecule has 2 N–H and O–H groups in total. The van der Waals surface area contributed by atoms with Crippen LogP contribution in [-0.4, -0.2) is 23.7 Å². The molecule has 5 nitrogen and oxygen atoms in total. The fourth-order valence-corrected chi connectivity index (χ4v) is 2.90. The van der Waals surface area contributed by atoms with Gasteiger partial charge in [0, 0.05) is 25.0 Å². The van der Waals surface area contributed by atoms with Crippen LogP contribution < -0.4 is 10.6 Å². The van der Waals surface area contributed by atoms with Gasteiger partial charge in [-0.2, -0.15) is 0 Å². The first-order valence-corrected chi connectivity index (χ1v) is 8.45. The van der Waals surface area contributed by atoms with Gasteiger partial charge >= 0.3 is 6.03 Å². The van der Waals surface area contributed by atoms with Gasteiger partial charge in [0.15, 0.2) is 0 Å². The first kappa shape index (κ1) is 17.4. The molecule has 0 radical (unpaired) electrons. The van der Waals surface area contributed by atoms with Gasteiger partial charge in [-0.1, -0.05) is 18.2 Å². The fourth-order valence-electron chi connectivity index (χ4n) is 2.90. The standard InChI is InChI=1S/C19H22FN3O2/c1-13-4-5-14(11-21-13)12-22-19(24)23-18(17-3-2-10-25-17)15-6-8-16(20)9-7-15/h4-9,11,17-18H,2-3,10,12H2,1H3,(H2,22,23,24)/t17-,18-/m0/s1. The highest BCUT2D eigenvalue weighted by Crippen LogP contribution is 2.27. The van der Waals surface area contributed by atoms with Crippen molar-refractivity contribution in [2.75, 3.05) is 6.61 Å². The van der Waals surface area contributed by atoms with Crippen LogP contribution in [0.4, 0.5) is 9.18 Å². The van der Waals surface area contributed by atoms with Gasteiger partial charge in [-0.05, 0) is 49.1 Å². The highest BCUT2D eigenvalue weighted by atomic mass is 19.1. The summed E-state index contributed by atoms with van der Waals surface area (Å²) in [5.74, 6) is -0.300. The van der Waals surface area contributed by atoms with Crippen LogP contribution in [0.2, 0.25) is 0 Å². The minimum atomic E-state index is -0.306. The van der Waals surface area contributed by atoms with E-state index in [0.29, 0.717) is 13.2 Å². The van der Waals surface area contributed by atoms with E-state index < -0.39 is 0 Å². The summed E-state index contributed by atoms with van der Waals surface area (Å²) in [6, 6.07) is 9.41. The Kier molecular flexibility index (Phi) is 5.60. The van der Waals surface area contributed by atoms with E-state index in [1.807, 2.05) is 19.1 Å². The molecule has 2 heterocycles. The maximum Gasteiger partial charge on any atom is 0.315 e. The van der Waals surface area contributed by atoms with E-state index in [-0.39, 0.29) is 24.0 Å². The lowest BCUT2D eigenvalue weighted by Gasteiger charge is -2.25. The molecule has 2 aromatic rings. The summed E-state index contributed by atoms with van der Waals surface area (Å²) in [6.07, 6.45) is 3.47. The number of carbonyl (C=O) groups is 1. The average Bonchev–Trinajstić information content (AvgIpc) is 3.14. The van der Waals surface area contributed by atoms with Crippen molar-refractivity contribution < 1.29 is 13.9 Å². The Morgan fingerprint density at radius 2 is 2.12 bits per heavy atom. The number of nitrogens with one attached hydrogen (secondary N) is 2. The Hall–Kier alpha value is -2.47. The van der Waals surface area contributed by atoms with Gasteiger partial charge in [0.1, 0.15) is 5.82 Å². The molecular formula is C19H22FN3O2. The third-order valence-electron chi connectivity index (χ3n) is 4.28. The Labute approximate surface area is 146 Å². The van der Waals surface area contributed by atoms with Crippen molar-refractivity contribution in [3.05, 3.63) is 65.2 Å². The SMILES string of the molecule is Cc1ccc(CNC(=O)N[C@@H](c2ccc(F)cc2)[C@@H]2CCCO2)cn1. The van der Waals surface area contributed by atoms with Crippen LogP contribution in [0.5, 0.6) is 0 Å². The second-order valence-electron chi connectivity index (χ2n) is 6.22. The summed E-state index contributed by atoms with van der Waals surface area (Å²) in [7, 11) is 0. The van der Waals surface area contributed by atoms with E-state index in [1.165, 1.54) is 12.1 Å². The van der Waals surface area contributed by atoms with Crippen molar-refractivity contribution >= 4 is 6.03 Å². The fraction of sp³-hybridized carbons (Fsp3) is 0.368. The van der Waals surface area contributed by atoms with Crippen molar-refractivity contribution in [1.29, 1.82) is 0 Å². The topological polar surface area (TPSA) is 63.2 Å². The lowest BCUT2D eigenvalue weighted by atomic mass is 9.99. The smallest absolute Gasteiger partial charge is 0.315 e. The van der Waals surface area contributed by atoms with Crippen LogP contribution in [0.1, 0.15) is 35.7 Å². The maximum atomic E-state index is 13.2. The lowest BCUT2D eigenvalue weighted by molar-refractivity contribution is 0.0807. The van der Waals surface area contributed by atoms with Gasteiger partial charge in [-0.25, -0.2) is 9.18 Å². The molecule has 1 aliphatic rings. The number of carbonyl (C=O) groups excluding carboxylic acids is 1. The molecule has 2 amide bonds. The van der Waals surface area contributed by atoms with Crippen molar-refractivity contribution in [3.8, 4) is 0 Å². The average molecular weight is 343 g/mol. The van der Waals surface area contributed by atoms with E-state index in [4.69, 9.17) is 4.74 Å². The molecule has 132 valence electrons. The molecule has 1 saturated heterocycles. The van der Waals surface area contributed by atoms with Crippen LogP contribution >= 0.6 is 0 Å². The normalized spacial score (nSPS) is 17.9. The number of amides is 2. The molecule has 1 aromatic carbocycles. The molecule has 1 aliphatic heterocycles. The third kappa shape index (κ3) is 4.76. The molecule has 1 fully saturated rings. The number of halogens is 1. The zero-order chi connectivity index (χ0) is 17.6. The predicted molar refractivity (Wildman–Crippen MR) is 92.5 cm³/mol. The Balaban J connectivity index is 1.63. The third-order valence-corrected chi connectivity index (χ3v) is 4.28. The zero-order valence-corrected chi connectivity index (χ0v) is 14.2. The molecule has 0 unspecified atom stereocenters. The van der Waals surface area contributed by atoms with Crippen LogP contribution in [-0.2, 0) is 11.3 Å². The molecule has 0 spiro atoms. The van der Waals surface area contributed by atoms with Crippen molar-refractivity contribution in [2.45, 2.75) is 38.5 Å². The minimum absolute atomic E-state index is 0.0998. The molecule has 25 heavy (non-hydrogen) atoms. The van der Waals surface area contributed by atoms with Crippen LogP contribution in [0.15, 0.2) is 42.6 Å². The Morgan fingerprint density at radius 1 is 1.32 bits per heavy atom. The monoisotopic (exact) mass is 343 g/mol. The summed E-state index contributed by atoms with van der Waals surface area (Å²) < 4.78 is 18.9. The number of aryl methyl sites for hydroxylation is 1. The second kappa shape index (κ2) is 8.07. The summed E-state index contributed by atoms with van der Waals surface area (Å²) in [4.78, 5) is 16.5. The summed E-state index contributed by atoms with van der Waals surface area (Å²) in [5, 5.41) is 5.79. The van der Waals surface area contributed by atoms with E-state index in [0.717, 1.165) is 29.7 Å². The van der Waals surface area contributed by atoms with Gasteiger partial charge < -0.3 is 15.4 Å². The summed E-state index contributed by atoms with van der Waals surface area (Å²) >= 11 is 0. The Morgan fingerprint density at radius 3 is 2.76 bits per heavy atom. The van der Waals surface area contributed by atoms with Crippen molar-refractivity contribution in [1.82, 2.24) is 15.6 Å². The number of hydrogen-bond acceptors (Lipinski definition) is 3. The number of pyridine rings is 1. The quantitative estimate of drug-likeness (QED) is 0.876. The number of ether oxygens (including phenoxy) is 1. The van der Waals surface area contributed by atoms with Crippen molar-refractivity contribution in [2.24, 2.45) is 0 Å². The van der Waals surface area contributed by atoms with Gasteiger partial charge in [0.05, 0.1) is 12.1 Å². The minimum Gasteiger partial charge on any atom is -0.376 e. The number of rotatable bonds is 5. The van der Waals surface area contributed by atoms with E-state index in [9.17, 15) is 9.18 Å². The van der Waals surface area contributed by atoms with Gasteiger partial charge in [0.2, 0.25) is 0 Å². The lowest BCUT2D eigenvalue weighted by Crippen LogP contribution is -2.42. The Bertz CT molecular complexity index is 698. The molecule has 0 bridgehead atoms. The second-order valence-corrected chi connectivity index (χ2v) is 6.22. The first-order valence-electron chi connectivity index (χ1n) is 8.45. The molecule has 6 heteroatoms. The molecule has 1 aromatic heterocycles. The summed E-state index contributed by atoms with van der Waals surface area (Å²) in [5.41, 5.74) is 2.69. The molecule has 2 atom stereocenters. The van der Waals surface area contributed by atoms with Crippen LogP contribution in [0.3, 0.4) is 0 Å². The number of nitrogens with zero attached hydrogens (tertiary/aromatic N) is 1. The predicted octanol–water partition coefficient (Wildman–Crippen LogP) is 3.25. The van der Waals surface area contributed by atoms with Crippen molar-refractivity contribution in [3.63, 3.8) is 0 Å². The highest BCUT2D eigenvalue weighted by Gasteiger charge is 2.28. The van der Waals surface area contributed by atoms with E-state index >= 15 is 0 Å². The molecule has 3 rings (SSSR count).